The molecule has 2 heterocycles. The zero-order valence-corrected chi connectivity index (χ0v) is 22.2. The molecule has 4 rings (SSSR count). The molecule has 0 unspecified atom stereocenters. The molecule has 0 amide bonds. The minimum Gasteiger partial charge on any atom is -0.512 e. The molecule has 2 aromatic carbocycles. The van der Waals surface area contributed by atoms with Crippen LogP contribution in [0.4, 0.5) is 13.2 Å². The van der Waals surface area contributed by atoms with E-state index >= 15 is 0 Å². The second-order valence-corrected chi connectivity index (χ2v) is 9.20. The predicted molar refractivity (Wildman–Crippen MR) is 128 cm³/mol. The zero-order chi connectivity index (χ0) is 25.1. The third-order valence-corrected chi connectivity index (χ3v) is 4.85. The molecule has 0 spiro atoms. The number of benzene rings is 2. The summed E-state index contributed by atoms with van der Waals surface area (Å²) in [7, 11) is 0. The molecule has 0 fully saturated rings. The first kappa shape index (κ1) is 28.3. The Kier molecular flexibility index (Phi) is 9.04. The van der Waals surface area contributed by atoms with Crippen LogP contribution in [0, 0.1) is 11.5 Å². The number of alkyl halides is 3. The summed E-state index contributed by atoms with van der Waals surface area (Å²) in [5.41, 5.74) is 6.00. The molecule has 0 saturated carbocycles. The summed E-state index contributed by atoms with van der Waals surface area (Å²) in [6.45, 7) is 7.77. The minimum absolute atomic E-state index is 0. The van der Waals surface area contributed by atoms with Gasteiger partial charge in [0.05, 0.1) is 5.76 Å². The number of aliphatic hydroxyl groups is 1. The average molecular weight is 660 g/mol. The molecule has 35 heavy (non-hydrogen) atoms. The number of carbonyl (C=O) groups excluding carboxylic acids is 1. The van der Waals surface area contributed by atoms with Crippen molar-refractivity contribution in [2.75, 3.05) is 0 Å². The summed E-state index contributed by atoms with van der Waals surface area (Å²) < 4.78 is 36.2. The normalized spacial score (nSPS) is 12.1. The number of nitrogens with zero attached hydrogens (tertiary/aromatic N) is 2. The number of carbonyl (C=O) groups is 1. The molecule has 0 aliphatic rings. The Morgan fingerprint density at radius 1 is 1.09 bits per heavy atom. The number of ketones is 1. The van der Waals surface area contributed by atoms with Crippen LogP contribution in [0.3, 0.4) is 0 Å². The van der Waals surface area contributed by atoms with Crippen molar-refractivity contribution in [2.45, 2.75) is 40.3 Å². The molecule has 1 radical (unpaired) electrons. The first-order valence-corrected chi connectivity index (χ1v) is 10.7. The third kappa shape index (κ3) is 7.26. The van der Waals surface area contributed by atoms with Crippen molar-refractivity contribution in [1.82, 2.24) is 9.55 Å². The summed E-state index contributed by atoms with van der Waals surface area (Å²) in [5.74, 6) is -2.70. The number of pyridine rings is 1. The van der Waals surface area contributed by atoms with Crippen LogP contribution in [0.1, 0.15) is 33.3 Å². The van der Waals surface area contributed by atoms with E-state index in [0.29, 0.717) is 0 Å². The average Bonchev–Trinajstić information content (AvgIpc) is 3.06. The molecular weight excluding hydrogens is 634 g/mol. The molecule has 8 heteroatoms. The molecule has 4 nitrogen and oxygen atoms in total. The quantitative estimate of drug-likeness (QED) is 0.145. The van der Waals surface area contributed by atoms with Gasteiger partial charge >= 0.3 is 6.18 Å². The van der Waals surface area contributed by atoms with Gasteiger partial charge in [-0.2, -0.15) is 13.2 Å². The van der Waals surface area contributed by atoms with E-state index in [0.717, 1.165) is 41.0 Å². The van der Waals surface area contributed by atoms with Gasteiger partial charge in [0, 0.05) is 49.1 Å². The molecule has 1 N–H and O–H groups in total. The summed E-state index contributed by atoms with van der Waals surface area (Å²) in [4.78, 5) is 14.7. The van der Waals surface area contributed by atoms with Crippen LogP contribution in [0.2, 0.25) is 0 Å². The fourth-order valence-electron chi connectivity index (χ4n) is 3.63. The number of para-hydroxylation sites is 1. The topological polar surface area (TPSA) is 55.1 Å². The Morgan fingerprint density at radius 3 is 2.29 bits per heavy atom. The van der Waals surface area contributed by atoms with Crippen molar-refractivity contribution in [3.63, 3.8) is 0 Å². The van der Waals surface area contributed by atoms with Crippen molar-refractivity contribution in [3.05, 3.63) is 84.3 Å². The summed E-state index contributed by atoms with van der Waals surface area (Å²) in [5, 5.41) is 9.31. The first-order valence-electron chi connectivity index (χ1n) is 10.7. The second-order valence-electron chi connectivity index (χ2n) is 9.20. The number of hydrogen-bond acceptors (Lipinski definition) is 3. The Balaban J connectivity index is 0.000000338. The Hall–Kier alpha value is -2.96. The van der Waals surface area contributed by atoms with Gasteiger partial charge in [-0.05, 0) is 48.0 Å². The van der Waals surface area contributed by atoms with Gasteiger partial charge in [0.15, 0.2) is 0 Å². The molecule has 0 aliphatic carbocycles. The fraction of sp³-hybridized carbons (Fsp3) is 0.259. The molecule has 0 atom stereocenters. The van der Waals surface area contributed by atoms with Gasteiger partial charge < -0.3 is 14.7 Å². The predicted octanol–water partition coefficient (Wildman–Crippen LogP) is 7.14. The number of rotatable bonds is 3. The van der Waals surface area contributed by atoms with E-state index in [4.69, 9.17) is 10.1 Å². The summed E-state index contributed by atoms with van der Waals surface area (Å²) >= 11 is 0. The van der Waals surface area contributed by atoms with Gasteiger partial charge in [-0.15, -0.1) is 24.3 Å². The van der Waals surface area contributed by atoms with Gasteiger partial charge in [0.1, 0.15) is 0 Å². The van der Waals surface area contributed by atoms with Crippen LogP contribution >= 0.6 is 0 Å². The monoisotopic (exact) mass is 660 g/mol. The molecule has 187 valence electrons. The summed E-state index contributed by atoms with van der Waals surface area (Å²) in [6, 6.07) is 22.3. The van der Waals surface area contributed by atoms with Crippen molar-refractivity contribution in [2.24, 2.45) is 5.41 Å². The Labute approximate surface area is 215 Å². The molecule has 0 saturated heterocycles. The van der Waals surface area contributed by atoms with Gasteiger partial charge in [0.25, 0.3) is 5.78 Å². The smallest absolute Gasteiger partial charge is 0.454 e. The van der Waals surface area contributed by atoms with E-state index in [1.807, 2.05) is 24.4 Å². The van der Waals surface area contributed by atoms with Crippen LogP contribution in [-0.2, 0) is 31.3 Å². The molecule has 0 aliphatic heterocycles. The van der Waals surface area contributed by atoms with E-state index in [1.165, 1.54) is 5.56 Å². The van der Waals surface area contributed by atoms with Crippen LogP contribution in [0.25, 0.3) is 27.6 Å². The number of aliphatic hydroxyl groups excluding tert-OH is 1. The summed E-state index contributed by atoms with van der Waals surface area (Å²) in [6.07, 6.45) is -1.73. The standard InChI is InChI=1S/C22H21N2.C5H5F3O2.Ir/c1-22(2,3)14-16-13-20-21(23-15-16)18-11-7-8-12-19(18)24(20)17-9-5-4-6-10-17;1-3(9)2-4(10)5(6,7)8;/h4-10,12-13,15H,14H2,1-3H3;2,9H,1H3;/q-1;;/b;3-2-;. The number of fused-ring (bicyclic) bond motifs is 3. The van der Waals surface area contributed by atoms with E-state index in [-0.39, 0.29) is 31.6 Å². The zero-order valence-electron chi connectivity index (χ0n) is 19.8. The fourth-order valence-corrected chi connectivity index (χ4v) is 3.63. The Morgan fingerprint density at radius 2 is 1.74 bits per heavy atom. The van der Waals surface area contributed by atoms with Gasteiger partial charge in [-0.3, -0.25) is 4.79 Å². The molecule has 2 aromatic heterocycles. The van der Waals surface area contributed by atoms with Gasteiger partial charge in [0.2, 0.25) is 0 Å². The maximum Gasteiger partial charge on any atom is 0.454 e. The van der Waals surface area contributed by atoms with E-state index in [2.05, 4.69) is 67.8 Å². The minimum atomic E-state index is -4.88. The van der Waals surface area contributed by atoms with Crippen LogP contribution in [-0.4, -0.2) is 26.6 Å². The van der Waals surface area contributed by atoms with Crippen molar-refractivity contribution in [3.8, 4) is 5.69 Å². The maximum absolute atomic E-state index is 11.3. The van der Waals surface area contributed by atoms with E-state index < -0.39 is 17.7 Å². The van der Waals surface area contributed by atoms with Gasteiger partial charge in [-0.1, -0.05) is 44.4 Å². The second kappa shape index (κ2) is 11.2. The van der Waals surface area contributed by atoms with Crippen LogP contribution < -0.4 is 0 Å². The number of aromatic nitrogens is 2. The largest absolute Gasteiger partial charge is 0.512 e. The van der Waals surface area contributed by atoms with Crippen LogP contribution in [0.15, 0.2) is 72.6 Å². The number of allylic oxidation sites excluding steroid dienone is 2. The molecular formula is C27H26F3IrN2O2-. The molecule has 0 bridgehead atoms. The third-order valence-electron chi connectivity index (χ3n) is 4.85. The van der Waals surface area contributed by atoms with Crippen LogP contribution in [0.5, 0.6) is 0 Å². The van der Waals surface area contributed by atoms with Crippen molar-refractivity contribution >= 4 is 27.7 Å². The molecule has 4 aromatic rings. The van der Waals surface area contributed by atoms with Crippen molar-refractivity contribution in [1.29, 1.82) is 0 Å². The van der Waals surface area contributed by atoms with E-state index in [9.17, 15) is 18.0 Å². The maximum atomic E-state index is 11.3. The van der Waals surface area contributed by atoms with E-state index in [1.54, 1.807) is 0 Å². The van der Waals surface area contributed by atoms with Gasteiger partial charge in [-0.25, -0.2) is 0 Å². The number of halogens is 3. The SMILES string of the molecule is C/C(O)=C/C(=O)C(F)(F)F.CC(C)(C)Cc1cnc2c3[c-]cccc3n(-c3ccccc3)c2c1.[Ir]. The first-order chi connectivity index (χ1) is 15.9. The Bertz CT molecular complexity index is 1330. The van der Waals surface area contributed by atoms with Crippen molar-refractivity contribution < 1.29 is 43.2 Å². The number of hydrogen-bond donors (Lipinski definition) is 1.